The molecule has 0 radical (unpaired) electrons. The second-order valence-corrected chi connectivity index (χ2v) is 8.63. The smallest absolute Gasteiger partial charge is 0.0494 e. The molecule has 1 nitrogen and oxygen atoms in total. The van der Waals surface area contributed by atoms with E-state index in [9.17, 15) is 0 Å². The Morgan fingerprint density at radius 1 is 0.438 bits per heavy atom. The van der Waals surface area contributed by atoms with Gasteiger partial charge in [-0.15, -0.1) is 0 Å². The number of rotatable bonds is 2. The van der Waals surface area contributed by atoms with Gasteiger partial charge in [0, 0.05) is 29.2 Å². The van der Waals surface area contributed by atoms with E-state index in [1.807, 2.05) is 0 Å². The molecule has 0 heterocycles. The lowest BCUT2D eigenvalue weighted by molar-refractivity contribution is 1.24. The molecule has 0 bridgehead atoms. The minimum Gasteiger partial charge on any atom is -0.344 e. The van der Waals surface area contributed by atoms with Crippen LogP contribution in [0, 0.1) is 0 Å². The molecule has 6 aromatic carbocycles. The molecule has 0 aliphatic heterocycles. The van der Waals surface area contributed by atoms with Crippen molar-refractivity contribution in [3.05, 3.63) is 109 Å². The minimum atomic E-state index is 1.23. The maximum absolute atomic E-state index is 2.36. The van der Waals surface area contributed by atoms with E-state index in [0.29, 0.717) is 0 Å². The molecular formula is C31H21N. The largest absolute Gasteiger partial charge is 0.344 e. The van der Waals surface area contributed by atoms with Crippen LogP contribution in [0.5, 0.6) is 0 Å². The highest BCUT2D eigenvalue weighted by Crippen LogP contribution is 2.50. The third-order valence-electron chi connectivity index (χ3n) is 6.99. The van der Waals surface area contributed by atoms with Gasteiger partial charge in [-0.1, -0.05) is 97.1 Å². The third-order valence-corrected chi connectivity index (χ3v) is 6.99. The van der Waals surface area contributed by atoms with Crippen LogP contribution in [-0.2, 0) is 0 Å². The lowest BCUT2D eigenvalue weighted by atomic mass is 9.98. The zero-order valence-corrected chi connectivity index (χ0v) is 17.8. The quantitative estimate of drug-likeness (QED) is 0.259. The Bertz CT molecular complexity index is 1660. The molecule has 1 aliphatic carbocycles. The second kappa shape index (κ2) is 6.45. The lowest BCUT2D eigenvalue weighted by Crippen LogP contribution is -2.10. The summed E-state index contributed by atoms with van der Waals surface area (Å²) in [5.41, 5.74) is 7.82. The third kappa shape index (κ3) is 2.28. The fraction of sp³-hybridized carbons (Fsp3) is 0.0323. The predicted octanol–water partition coefficient (Wildman–Crippen LogP) is 8.56. The van der Waals surface area contributed by atoms with Crippen molar-refractivity contribution < 1.29 is 0 Å². The van der Waals surface area contributed by atoms with Crippen LogP contribution in [0.4, 0.5) is 11.4 Å². The number of benzene rings is 6. The van der Waals surface area contributed by atoms with E-state index in [0.717, 1.165) is 0 Å². The Morgan fingerprint density at radius 2 is 1.03 bits per heavy atom. The Morgan fingerprint density at radius 3 is 1.84 bits per heavy atom. The molecular weight excluding hydrogens is 386 g/mol. The van der Waals surface area contributed by atoms with Crippen molar-refractivity contribution in [2.24, 2.45) is 0 Å². The molecule has 0 unspecified atom stereocenters. The minimum absolute atomic E-state index is 1.23. The highest BCUT2D eigenvalue weighted by molar-refractivity contribution is 6.20. The summed E-state index contributed by atoms with van der Waals surface area (Å²) in [5.74, 6) is 0. The van der Waals surface area contributed by atoms with E-state index in [1.165, 1.54) is 65.9 Å². The summed E-state index contributed by atoms with van der Waals surface area (Å²) in [7, 11) is 2.20. The SMILES string of the molecule is CN(c1ccc2c3c(cccc13)-c1ccccc1-2)c1cc2ccccc2c2ccccc12. The summed E-state index contributed by atoms with van der Waals surface area (Å²) in [6.45, 7) is 0. The van der Waals surface area contributed by atoms with Crippen LogP contribution in [-0.4, -0.2) is 7.05 Å². The summed E-state index contributed by atoms with van der Waals surface area (Å²) >= 11 is 0. The Kier molecular flexibility index (Phi) is 3.54. The average molecular weight is 408 g/mol. The standard InChI is InChI=1S/C31H21N/c1-32(30-19-20-9-2-3-10-21(20)22-11-6-7-14-25(22)30)29-18-17-27-24-13-5-4-12-23(24)26-15-8-16-28(29)31(26)27/h2-19H,1H3. The van der Waals surface area contributed by atoms with E-state index < -0.39 is 0 Å². The molecule has 0 N–H and O–H groups in total. The molecule has 32 heavy (non-hydrogen) atoms. The molecule has 6 aromatic rings. The van der Waals surface area contributed by atoms with Crippen molar-refractivity contribution in [2.45, 2.75) is 0 Å². The van der Waals surface area contributed by atoms with Gasteiger partial charge in [0.15, 0.2) is 0 Å². The van der Waals surface area contributed by atoms with Gasteiger partial charge in [0.2, 0.25) is 0 Å². The van der Waals surface area contributed by atoms with E-state index in [-0.39, 0.29) is 0 Å². The van der Waals surface area contributed by atoms with Crippen molar-refractivity contribution >= 4 is 43.7 Å². The lowest BCUT2D eigenvalue weighted by Gasteiger charge is -2.24. The molecule has 1 heteroatoms. The van der Waals surface area contributed by atoms with Crippen molar-refractivity contribution in [3.8, 4) is 22.3 Å². The fourth-order valence-corrected chi connectivity index (χ4v) is 5.53. The second-order valence-electron chi connectivity index (χ2n) is 8.63. The van der Waals surface area contributed by atoms with Gasteiger partial charge in [-0.2, -0.15) is 0 Å². The van der Waals surface area contributed by atoms with Gasteiger partial charge in [-0.05, 0) is 55.9 Å². The van der Waals surface area contributed by atoms with Crippen LogP contribution in [0.15, 0.2) is 109 Å². The summed E-state index contributed by atoms with van der Waals surface area (Å²) in [6, 6.07) is 39.8. The van der Waals surface area contributed by atoms with Crippen LogP contribution < -0.4 is 4.90 Å². The zero-order chi connectivity index (χ0) is 21.2. The van der Waals surface area contributed by atoms with Crippen LogP contribution >= 0.6 is 0 Å². The molecule has 1 aliphatic rings. The summed E-state index contributed by atoms with van der Waals surface area (Å²) in [4.78, 5) is 2.36. The van der Waals surface area contributed by atoms with Gasteiger partial charge in [-0.3, -0.25) is 0 Å². The first kappa shape index (κ1) is 17.6. The summed E-state index contributed by atoms with van der Waals surface area (Å²) < 4.78 is 0. The Hall–Kier alpha value is -4.10. The number of anilines is 2. The van der Waals surface area contributed by atoms with Crippen LogP contribution in [0.25, 0.3) is 54.6 Å². The number of fused-ring (bicyclic) bond motifs is 6. The van der Waals surface area contributed by atoms with Gasteiger partial charge < -0.3 is 4.90 Å². The van der Waals surface area contributed by atoms with E-state index >= 15 is 0 Å². The van der Waals surface area contributed by atoms with Gasteiger partial charge in [0.1, 0.15) is 0 Å². The number of hydrogen-bond acceptors (Lipinski definition) is 1. The average Bonchev–Trinajstić information content (AvgIpc) is 3.19. The zero-order valence-electron chi connectivity index (χ0n) is 17.8. The number of nitrogens with zero attached hydrogens (tertiary/aromatic N) is 1. The maximum atomic E-state index is 2.36. The van der Waals surface area contributed by atoms with Crippen molar-refractivity contribution in [3.63, 3.8) is 0 Å². The summed E-state index contributed by atoms with van der Waals surface area (Å²) in [6.07, 6.45) is 0. The van der Waals surface area contributed by atoms with E-state index in [4.69, 9.17) is 0 Å². The normalized spacial score (nSPS) is 11.9. The first-order valence-corrected chi connectivity index (χ1v) is 11.1. The van der Waals surface area contributed by atoms with E-state index in [2.05, 4.69) is 121 Å². The van der Waals surface area contributed by atoms with Gasteiger partial charge in [0.25, 0.3) is 0 Å². The highest BCUT2D eigenvalue weighted by Gasteiger charge is 2.23. The molecule has 0 saturated heterocycles. The molecule has 0 spiro atoms. The Balaban J connectivity index is 1.51. The summed E-state index contributed by atoms with van der Waals surface area (Å²) in [5, 5.41) is 7.81. The fourth-order valence-electron chi connectivity index (χ4n) is 5.53. The predicted molar refractivity (Wildman–Crippen MR) is 138 cm³/mol. The first-order chi connectivity index (χ1) is 15.8. The topological polar surface area (TPSA) is 3.24 Å². The Labute approximate surface area is 187 Å². The van der Waals surface area contributed by atoms with Crippen molar-refractivity contribution in [2.75, 3.05) is 11.9 Å². The van der Waals surface area contributed by atoms with Crippen LogP contribution in [0.3, 0.4) is 0 Å². The number of hydrogen-bond donors (Lipinski definition) is 0. The maximum Gasteiger partial charge on any atom is 0.0494 e. The highest BCUT2D eigenvalue weighted by atomic mass is 15.1. The van der Waals surface area contributed by atoms with Crippen LogP contribution in [0.1, 0.15) is 0 Å². The van der Waals surface area contributed by atoms with Gasteiger partial charge in [0.05, 0.1) is 0 Å². The first-order valence-electron chi connectivity index (χ1n) is 11.1. The molecule has 0 fully saturated rings. The van der Waals surface area contributed by atoms with Gasteiger partial charge >= 0.3 is 0 Å². The molecule has 0 amide bonds. The monoisotopic (exact) mass is 407 g/mol. The van der Waals surface area contributed by atoms with Crippen molar-refractivity contribution in [1.82, 2.24) is 0 Å². The molecule has 150 valence electrons. The molecule has 0 saturated carbocycles. The van der Waals surface area contributed by atoms with Gasteiger partial charge in [-0.25, -0.2) is 0 Å². The van der Waals surface area contributed by atoms with Crippen molar-refractivity contribution in [1.29, 1.82) is 0 Å². The van der Waals surface area contributed by atoms with E-state index in [1.54, 1.807) is 0 Å². The molecule has 0 atom stereocenters. The van der Waals surface area contributed by atoms with Crippen LogP contribution in [0.2, 0.25) is 0 Å². The molecule has 7 rings (SSSR count). The molecule has 0 aromatic heterocycles.